The monoisotopic (exact) mass is 1760 g/mol. The molecule has 0 fully saturated rings. The molecule has 4 aromatic heterocycles. The van der Waals surface area contributed by atoms with Crippen LogP contribution in [0.4, 0.5) is 34.1 Å². The van der Waals surface area contributed by atoms with Crippen molar-refractivity contribution in [2.75, 3.05) is 9.80 Å². The van der Waals surface area contributed by atoms with Gasteiger partial charge in [-0.2, -0.15) is 0 Å². The van der Waals surface area contributed by atoms with Crippen LogP contribution in [0.1, 0.15) is 0 Å². The van der Waals surface area contributed by atoms with E-state index in [-0.39, 0.29) is 0 Å². The van der Waals surface area contributed by atoms with Crippen molar-refractivity contribution in [1.82, 2.24) is 9.13 Å². The van der Waals surface area contributed by atoms with Crippen molar-refractivity contribution in [3.8, 4) is 123 Å². The Hall–Kier alpha value is -18.4. The minimum Gasteiger partial charge on any atom is -0.455 e. The highest BCUT2D eigenvalue weighted by Gasteiger charge is 2.25. The van der Waals surface area contributed by atoms with Gasteiger partial charge in [-0.15, -0.1) is 0 Å². The summed E-state index contributed by atoms with van der Waals surface area (Å²) >= 11 is 0. The van der Waals surface area contributed by atoms with Crippen molar-refractivity contribution in [3.05, 3.63) is 534 Å². The zero-order valence-corrected chi connectivity index (χ0v) is 75.4. The van der Waals surface area contributed by atoms with E-state index in [2.05, 4.69) is 529 Å². The van der Waals surface area contributed by atoms with E-state index in [4.69, 9.17) is 8.83 Å². The van der Waals surface area contributed by atoms with E-state index in [1.54, 1.807) is 0 Å². The Morgan fingerprint density at radius 1 is 0.138 bits per heavy atom. The van der Waals surface area contributed by atoms with Gasteiger partial charge in [-0.05, 0) is 210 Å². The lowest BCUT2D eigenvalue weighted by molar-refractivity contribution is 0.669. The third-order valence-electron chi connectivity index (χ3n) is 27.3. The third-order valence-corrected chi connectivity index (χ3v) is 27.3. The quantitative estimate of drug-likeness (QED) is 0.0859. The number of hydrogen-bond donors (Lipinski definition) is 0. The summed E-state index contributed by atoms with van der Waals surface area (Å²) in [6, 6.07) is 192. The fraction of sp³-hybridized carbons (Fsp3) is 0. The predicted molar refractivity (Wildman–Crippen MR) is 580 cm³/mol. The molecule has 0 saturated heterocycles. The molecule has 6 heteroatoms. The van der Waals surface area contributed by atoms with Gasteiger partial charge in [0.15, 0.2) is 0 Å². The SMILES string of the molecule is c1ccc(-c2ccc(-c3ccc(N(c4ccc(-c5ccccc5-c5ccccc5-n5c6ccccc6c6ccccc65)cc4)c4cccc(-c5cccc6c5oc5ccccc56)c4)cc3)cc2)cc1.c1ccc(-c2ccc(-c3cccc(N(c4ccc(-c5ccccc5-c5ccccc5-n5c6ccccc6c6ccccc65)cc4)c4cccc(-c5cccc6c5oc5ccccc56)c4)c3)cc2)cc1. The van der Waals surface area contributed by atoms with Crippen molar-refractivity contribution < 1.29 is 8.83 Å². The van der Waals surface area contributed by atoms with Gasteiger partial charge in [-0.25, -0.2) is 0 Å². The van der Waals surface area contributed by atoms with Gasteiger partial charge in [0, 0.05) is 99.5 Å². The summed E-state index contributed by atoms with van der Waals surface area (Å²) in [4.78, 5) is 4.73. The van der Waals surface area contributed by atoms with E-state index in [0.717, 1.165) is 139 Å². The van der Waals surface area contributed by atoms with Crippen molar-refractivity contribution in [3.63, 3.8) is 0 Å². The maximum absolute atomic E-state index is 6.56. The van der Waals surface area contributed by atoms with Crippen LogP contribution < -0.4 is 9.80 Å². The lowest BCUT2D eigenvalue weighted by Crippen LogP contribution is -2.10. The van der Waals surface area contributed by atoms with Crippen LogP contribution in [0.5, 0.6) is 0 Å². The Balaban J connectivity index is 0.000000146. The number of nitrogens with zero attached hydrogens (tertiary/aromatic N) is 4. The number of rotatable bonds is 18. The third kappa shape index (κ3) is 14.9. The lowest BCUT2D eigenvalue weighted by Gasteiger charge is -2.27. The number of aromatic nitrogens is 2. The summed E-state index contributed by atoms with van der Waals surface area (Å²) in [7, 11) is 0. The molecule has 0 aliphatic rings. The number of anilines is 6. The molecule has 0 bridgehead atoms. The average molecular weight is 1760 g/mol. The molecular weight excluding hydrogens is 1670 g/mol. The second kappa shape index (κ2) is 35.3. The molecule has 4 heterocycles. The summed E-state index contributed by atoms with van der Waals surface area (Å²) in [6.07, 6.45) is 0. The molecule has 26 aromatic rings. The van der Waals surface area contributed by atoms with Crippen molar-refractivity contribution >= 4 is 122 Å². The highest BCUT2D eigenvalue weighted by molar-refractivity contribution is 6.14. The zero-order valence-electron chi connectivity index (χ0n) is 75.4. The van der Waals surface area contributed by atoms with Gasteiger partial charge >= 0.3 is 0 Å². The Morgan fingerprint density at radius 2 is 0.377 bits per heavy atom. The molecular formula is C132H88N4O2. The molecule has 6 nitrogen and oxygen atoms in total. The number of fused-ring (bicyclic) bond motifs is 12. The van der Waals surface area contributed by atoms with Gasteiger partial charge in [0.25, 0.3) is 0 Å². The van der Waals surface area contributed by atoms with Gasteiger partial charge < -0.3 is 27.8 Å². The van der Waals surface area contributed by atoms with E-state index in [9.17, 15) is 0 Å². The first-order chi connectivity index (χ1) is 68.5. The zero-order chi connectivity index (χ0) is 91.4. The van der Waals surface area contributed by atoms with E-state index in [0.29, 0.717) is 0 Å². The average Bonchev–Trinajstić information content (AvgIpc) is 1.58. The van der Waals surface area contributed by atoms with Crippen LogP contribution >= 0.6 is 0 Å². The molecule has 0 atom stereocenters. The highest BCUT2D eigenvalue weighted by Crippen LogP contribution is 2.49. The van der Waals surface area contributed by atoms with Gasteiger partial charge in [-0.3, -0.25) is 0 Å². The fourth-order valence-corrected chi connectivity index (χ4v) is 20.7. The summed E-state index contributed by atoms with van der Waals surface area (Å²) in [5.41, 5.74) is 40.1. The van der Waals surface area contributed by atoms with E-state index in [1.807, 2.05) is 24.3 Å². The van der Waals surface area contributed by atoms with E-state index in [1.165, 1.54) is 105 Å². The molecule has 138 heavy (non-hydrogen) atoms. The first-order valence-electron chi connectivity index (χ1n) is 47.2. The number of benzene rings is 22. The molecule has 0 radical (unpaired) electrons. The first-order valence-corrected chi connectivity index (χ1v) is 47.2. The minimum atomic E-state index is 0.892. The van der Waals surface area contributed by atoms with Gasteiger partial charge in [0.05, 0.1) is 33.4 Å². The molecule has 26 rings (SSSR count). The van der Waals surface area contributed by atoms with Gasteiger partial charge in [0.2, 0.25) is 0 Å². The minimum absolute atomic E-state index is 0.892. The Labute approximate surface area is 800 Å². The van der Waals surface area contributed by atoms with Crippen molar-refractivity contribution in [1.29, 1.82) is 0 Å². The molecule has 0 spiro atoms. The van der Waals surface area contributed by atoms with Crippen LogP contribution in [0.2, 0.25) is 0 Å². The number of hydrogen-bond acceptors (Lipinski definition) is 4. The maximum Gasteiger partial charge on any atom is 0.143 e. The molecule has 0 unspecified atom stereocenters. The van der Waals surface area contributed by atoms with Crippen LogP contribution in [-0.2, 0) is 0 Å². The molecule has 0 amide bonds. The Morgan fingerprint density at radius 3 is 0.754 bits per heavy atom. The highest BCUT2D eigenvalue weighted by atomic mass is 16.3. The van der Waals surface area contributed by atoms with E-state index < -0.39 is 0 Å². The molecule has 0 aliphatic heterocycles. The van der Waals surface area contributed by atoms with Crippen molar-refractivity contribution in [2.24, 2.45) is 0 Å². The van der Waals surface area contributed by atoms with Crippen LogP contribution in [-0.4, -0.2) is 9.13 Å². The second-order valence-corrected chi connectivity index (χ2v) is 35.3. The Kier molecular flexibility index (Phi) is 20.9. The molecule has 0 saturated carbocycles. The van der Waals surface area contributed by atoms with Crippen molar-refractivity contribution in [2.45, 2.75) is 0 Å². The molecule has 0 N–H and O–H groups in total. The predicted octanol–water partition coefficient (Wildman–Crippen LogP) is 37.0. The topological polar surface area (TPSA) is 42.6 Å². The van der Waals surface area contributed by atoms with Gasteiger partial charge in [-0.1, -0.05) is 413 Å². The van der Waals surface area contributed by atoms with Crippen LogP contribution in [0.3, 0.4) is 0 Å². The fourth-order valence-electron chi connectivity index (χ4n) is 20.7. The first kappa shape index (κ1) is 81.6. The molecule has 648 valence electrons. The van der Waals surface area contributed by atoms with Crippen LogP contribution in [0.25, 0.3) is 210 Å². The lowest BCUT2D eigenvalue weighted by atomic mass is 9.93. The number of para-hydroxylation sites is 10. The van der Waals surface area contributed by atoms with E-state index >= 15 is 0 Å². The Bertz CT molecular complexity index is 8950. The smallest absolute Gasteiger partial charge is 0.143 e. The summed E-state index contributed by atoms with van der Waals surface area (Å²) in [6.45, 7) is 0. The second-order valence-electron chi connectivity index (χ2n) is 35.3. The van der Waals surface area contributed by atoms with Gasteiger partial charge in [0.1, 0.15) is 22.3 Å². The molecule has 22 aromatic carbocycles. The standard InChI is InChI=1S/2C66H44N2O/c1-2-17-45(18-3-1)46-35-37-47(38-36-46)49-19-14-21-52(43-49)67(53-22-15-20-50(44-53)55-29-16-30-61-60-28-9-13-34-65(60)69-66(55)61)51-41-39-48(40-42-51)54-23-4-5-24-56(54)57-25-6-10-31-62(57)68-63-32-11-7-26-58(63)59-27-8-12-33-64(59)68;1-2-16-45(17-3-1)46-32-34-47(35-33-46)48-36-40-51(41-37-48)67(53-19-14-18-50(44-53)55-26-15-27-61-60-25-9-13-31-65(60)69-66(55)61)52-42-38-49(39-43-52)54-20-4-5-21-56(54)57-22-6-10-28-62(57)68-63-29-11-7-23-58(63)59-24-8-12-30-64(59)68/h2*1-44H. The van der Waals surface area contributed by atoms with Crippen LogP contribution in [0.15, 0.2) is 543 Å². The maximum atomic E-state index is 6.56. The van der Waals surface area contributed by atoms with Crippen LogP contribution in [0, 0.1) is 0 Å². The summed E-state index contributed by atoms with van der Waals surface area (Å²) in [5.74, 6) is 0. The molecule has 0 aliphatic carbocycles. The largest absolute Gasteiger partial charge is 0.455 e. The summed E-state index contributed by atoms with van der Waals surface area (Å²) in [5, 5.41) is 9.48. The summed E-state index contributed by atoms with van der Waals surface area (Å²) < 4.78 is 17.9. The normalized spacial score (nSPS) is 11.5. The number of furan rings is 2.